The first-order valence-corrected chi connectivity index (χ1v) is 7.76. The van der Waals surface area contributed by atoms with Crippen molar-refractivity contribution < 1.29 is 14.3 Å². The average Bonchev–Trinajstić information content (AvgIpc) is 2.57. The van der Waals surface area contributed by atoms with E-state index in [4.69, 9.17) is 27.9 Å². The van der Waals surface area contributed by atoms with E-state index < -0.39 is 5.91 Å². The van der Waals surface area contributed by atoms with Crippen molar-refractivity contribution in [2.45, 2.75) is 0 Å². The Morgan fingerprint density at radius 2 is 1.96 bits per heavy atom. The minimum atomic E-state index is -0.410. The first kappa shape index (κ1) is 18.2. The summed E-state index contributed by atoms with van der Waals surface area (Å²) < 4.78 is 4.85. The summed E-state index contributed by atoms with van der Waals surface area (Å²) >= 11 is 11.8. The van der Waals surface area contributed by atoms with Crippen LogP contribution in [0.15, 0.2) is 36.5 Å². The van der Waals surface area contributed by atoms with Gasteiger partial charge in [-0.3, -0.25) is 14.6 Å². The standard InChI is InChI=1S/C16H15Cl2N3O3/c1-24-7-6-20-16(23)14-8-10(4-5-19-14)15(22)21-13-3-2-11(17)9-12(13)18/h2-5,8-9H,6-7H2,1H3,(H,20,23)(H,21,22). The Labute approximate surface area is 149 Å². The van der Waals surface area contributed by atoms with E-state index in [2.05, 4.69) is 15.6 Å². The molecule has 24 heavy (non-hydrogen) atoms. The van der Waals surface area contributed by atoms with Gasteiger partial charge >= 0.3 is 0 Å². The zero-order chi connectivity index (χ0) is 17.5. The molecule has 0 aliphatic heterocycles. The number of halogens is 2. The Bertz CT molecular complexity index is 753. The molecule has 1 aromatic heterocycles. The Kier molecular flexibility index (Phi) is 6.54. The van der Waals surface area contributed by atoms with Crippen molar-refractivity contribution in [3.05, 3.63) is 57.8 Å². The number of pyridine rings is 1. The molecule has 0 aliphatic rings. The molecule has 0 fully saturated rings. The van der Waals surface area contributed by atoms with E-state index in [9.17, 15) is 9.59 Å². The third-order valence-electron chi connectivity index (χ3n) is 3.03. The van der Waals surface area contributed by atoms with Crippen molar-refractivity contribution in [3.8, 4) is 0 Å². The summed E-state index contributed by atoms with van der Waals surface area (Å²) in [6.45, 7) is 0.745. The fourth-order valence-corrected chi connectivity index (χ4v) is 2.29. The summed E-state index contributed by atoms with van der Waals surface area (Å²) in [5, 5.41) is 6.09. The highest BCUT2D eigenvalue weighted by Crippen LogP contribution is 2.25. The number of benzene rings is 1. The third kappa shape index (κ3) is 4.92. The number of methoxy groups -OCH3 is 1. The molecule has 0 saturated heterocycles. The number of carbonyl (C=O) groups is 2. The number of nitrogens with zero attached hydrogens (tertiary/aromatic N) is 1. The number of hydrogen-bond donors (Lipinski definition) is 2. The van der Waals surface area contributed by atoms with E-state index in [0.717, 1.165) is 0 Å². The second-order valence-electron chi connectivity index (χ2n) is 4.76. The lowest BCUT2D eigenvalue weighted by molar-refractivity contribution is 0.0932. The average molecular weight is 368 g/mol. The second kappa shape index (κ2) is 8.63. The van der Waals surface area contributed by atoms with Gasteiger partial charge in [-0.1, -0.05) is 23.2 Å². The Morgan fingerprint density at radius 1 is 1.17 bits per heavy atom. The third-order valence-corrected chi connectivity index (χ3v) is 3.57. The number of rotatable bonds is 6. The molecule has 1 heterocycles. The zero-order valence-electron chi connectivity index (χ0n) is 12.8. The molecule has 0 aliphatic carbocycles. The molecule has 0 bridgehead atoms. The van der Waals surface area contributed by atoms with Crippen LogP contribution in [0.4, 0.5) is 5.69 Å². The topological polar surface area (TPSA) is 80.3 Å². The first-order valence-electron chi connectivity index (χ1n) is 7.01. The first-order chi connectivity index (χ1) is 11.5. The summed E-state index contributed by atoms with van der Waals surface area (Å²) in [6, 6.07) is 7.65. The molecular formula is C16H15Cl2N3O3. The fraction of sp³-hybridized carbons (Fsp3) is 0.188. The molecular weight excluding hydrogens is 353 g/mol. The maximum absolute atomic E-state index is 12.3. The zero-order valence-corrected chi connectivity index (χ0v) is 14.3. The molecule has 0 saturated carbocycles. The van der Waals surface area contributed by atoms with E-state index in [-0.39, 0.29) is 17.2 Å². The largest absolute Gasteiger partial charge is 0.383 e. The van der Waals surface area contributed by atoms with Crippen LogP contribution in [0.5, 0.6) is 0 Å². The van der Waals surface area contributed by atoms with Crippen molar-refractivity contribution in [1.29, 1.82) is 0 Å². The molecule has 8 heteroatoms. The molecule has 0 radical (unpaired) electrons. The molecule has 2 N–H and O–H groups in total. The van der Waals surface area contributed by atoms with Crippen LogP contribution in [0.3, 0.4) is 0 Å². The van der Waals surface area contributed by atoms with Crippen molar-refractivity contribution in [3.63, 3.8) is 0 Å². The van der Waals surface area contributed by atoms with Gasteiger partial charge in [0.1, 0.15) is 5.69 Å². The van der Waals surface area contributed by atoms with Gasteiger partial charge in [-0.25, -0.2) is 0 Å². The van der Waals surface area contributed by atoms with Crippen molar-refractivity contribution in [1.82, 2.24) is 10.3 Å². The van der Waals surface area contributed by atoms with Crippen LogP contribution in [0.1, 0.15) is 20.8 Å². The monoisotopic (exact) mass is 367 g/mol. The van der Waals surface area contributed by atoms with Crippen LogP contribution in [0.25, 0.3) is 0 Å². The van der Waals surface area contributed by atoms with Gasteiger partial charge in [0.25, 0.3) is 11.8 Å². The van der Waals surface area contributed by atoms with Crippen LogP contribution < -0.4 is 10.6 Å². The lowest BCUT2D eigenvalue weighted by Gasteiger charge is -2.09. The molecule has 0 spiro atoms. The molecule has 6 nitrogen and oxygen atoms in total. The number of anilines is 1. The van der Waals surface area contributed by atoms with E-state index in [1.165, 1.54) is 31.5 Å². The van der Waals surface area contributed by atoms with Crippen LogP contribution in [0, 0.1) is 0 Å². The van der Waals surface area contributed by atoms with Crippen LogP contribution in [-0.2, 0) is 4.74 Å². The molecule has 126 valence electrons. The van der Waals surface area contributed by atoms with Gasteiger partial charge in [-0.2, -0.15) is 0 Å². The molecule has 0 atom stereocenters. The smallest absolute Gasteiger partial charge is 0.269 e. The van der Waals surface area contributed by atoms with Crippen LogP contribution in [-0.4, -0.2) is 37.1 Å². The Morgan fingerprint density at radius 3 is 2.67 bits per heavy atom. The molecule has 0 unspecified atom stereocenters. The fourth-order valence-electron chi connectivity index (χ4n) is 1.84. The summed E-state index contributed by atoms with van der Waals surface area (Å²) in [7, 11) is 1.54. The number of hydrogen-bond acceptors (Lipinski definition) is 4. The minimum Gasteiger partial charge on any atom is -0.383 e. The summed E-state index contributed by atoms with van der Waals surface area (Å²) in [5.74, 6) is -0.793. The van der Waals surface area contributed by atoms with Crippen LogP contribution >= 0.6 is 23.2 Å². The predicted molar refractivity (Wildman–Crippen MR) is 92.9 cm³/mol. The van der Waals surface area contributed by atoms with E-state index in [1.807, 2.05) is 0 Å². The van der Waals surface area contributed by atoms with Gasteiger partial charge in [0.05, 0.1) is 17.3 Å². The normalized spacial score (nSPS) is 10.3. The van der Waals surface area contributed by atoms with Crippen molar-refractivity contribution in [2.75, 3.05) is 25.6 Å². The number of aromatic nitrogens is 1. The van der Waals surface area contributed by atoms with Gasteiger partial charge in [0, 0.05) is 30.4 Å². The lowest BCUT2D eigenvalue weighted by atomic mass is 10.2. The van der Waals surface area contributed by atoms with Gasteiger partial charge in [0.15, 0.2) is 0 Å². The Balaban J connectivity index is 2.09. The number of amides is 2. The lowest BCUT2D eigenvalue weighted by Crippen LogP contribution is -2.28. The minimum absolute atomic E-state index is 0.140. The highest BCUT2D eigenvalue weighted by atomic mass is 35.5. The highest BCUT2D eigenvalue weighted by molar-refractivity contribution is 6.36. The summed E-state index contributed by atoms with van der Waals surface area (Å²) in [4.78, 5) is 28.2. The van der Waals surface area contributed by atoms with Gasteiger partial charge in [-0.15, -0.1) is 0 Å². The molecule has 2 amide bonds. The summed E-state index contributed by atoms with van der Waals surface area (Å²) in [5.41, 5.74) is 0.850. The van der Waals surface area contributed by atoms with Crippen LogP contribution in [0.2, 0.25) is 10.0 Å². The molecule has 2 rings (SSSR count). The highest BCUT2D eigenvalue weighted by Gasteiger charge is 2.13. The number of ether oxygens (including phenoxy) is 1. The molecule has 1 aromatic carbocycles. The van der Waals surface area contributed by atoms with Gasteiger partial charge < -0.3 is 15.4 Å². The molecule has 2 aromatic rings. The maximum Gasteiger partial charge on any atom is 0.269 e. The summed E-state index contributed by atoms with van der Waals surface area (Å²) in [6.07, 6.45) is 1.39. The SMILES string of the molecule is COCCNC(=O)c1cc(C(=O)Nc2ccc(Cl)cc2Cl)ccn1. The maximum atomic E-state index is 12.3. The van der Waals surface area contributed by atoms with Crippen molar-refractivity contribution >= 4 is 40.7 Å². The predicted octanol–water partition coefficient (Wildman–Crippen LogP) is 3.02. The van der Waals surface area contributed by atoms with E-state index in [1.54, 1.807) is 12.1 Å². The number of nitrogens with one attached hydrogen (secondary N) is 2. The number of carbonyl (C=O) groups excluding carboxylic acids is 2. The van der Waals surface area contributed by atoms with E-state index in [0.29, 0.717) is 28.9 Å². The van der Waals surface area contributed by atoms with Gasteiger partial charge in [0.2, 0.25) is 0 Å². The quantitative estimate of drug-likeness (QED) is 0.769. The second-order valence-corrected chi connectivity index (χ2v) is 5.60. The van der Waals surface area contributed by atoms with Crippen molar-refractivity contribution in [2.24, 2.45) is 0 Å². The van der Waals surface area contributed by atoms with E-state index >= 15 is 0 Å². The van der Waals surface area contributed by atoms with Gasteiger partial charge in [-0.05, 0) is 30.3 Å². The Hall–Kier alpha value is -2.15.